The molecule has 1 atom stereocenters. The number of aryl methyl sites for hydroxylation is 1. The maximum atomic E-state index is 12.7. The summed E-state index contributed by atoms with van der Waals surface area (Å²) in [7, 11) is 0. The van der Waals surface area contributed by atoms with Gasteiger partial charge in [-0.15, -0.1) is 11.3 Å². The largest absolute Gasteiger partial charge is 0.356 e. The van der Waals surface area contributed by atoms with Crippen LogP contribution in [0.15, 0.2) is 35.8 Å². The molecule has 0 radical (unpaired) electrons. The molecule has 0 amide bonds. The van der Waals surface area contributed by atoms with E-state index in [0.29, 0.717) is 0 Å². The van der Waals surface area contributed by atoms with Crippen molar-refractivity contribution in [3.8, 4) is 0 Å². The first-order valence-electron chi connectivity index (χ1n) is 8.42. The van der Waals surface area contributed by atoms with E-state index in [1.807, 2.05) is 28.1 Å². The standard InChI is InChI=1S/C18H20N4OS/c1-2-14-11-17(22-16(20-14)7-8-19-22)21-9-3-5-13(12-21)18(23)15-6-4-10-24-15/h4,6-8,10-11,13H,2-3,5,9,12H2,1H3/t13-/m0/s1. The van der Waals surface area contributed by atoms with Crippen molar-refractivity contribution in [2.45, 2.75) is 26.2 Å². The van der Waals surface area contributed by atoms with E-state index in [1.165, 1.54) is 11.3 Å². The molecule has 1 aliphatic rings. The minimum absolute atomic E-state index is 0.0567. The lowest BCUT2D eigenvalue weighted by Gasteiger charge is -2.33. The number of piperidine rings is 1. The smallest absolute Gasteiger partial charge is 0.177 e. The van der Waals surface area contributed by atoms with Gasteiger partial charge in [0.05, 0.1) is 11.1 Å². The molecule has 124 valence electrons. The molecule has 0 saturated carbocycles. The van der Waals surface area contributed by atoms with Gasteiger partial charge < -0.3 is 4.90 Å². The number of fused-ring (bicyclic) bond motifs is 1. The third-order valence-electron chi connectivity index (χ3n) is 4.64. The first kappa shape index (κ1) is 15.3. The number of hydrogen-bond acceptors (Lipinski definition) is 5. The summed E-state index contributed by atoms with van der Waals surface area (Å²) in [6.07, 6.45) is 4.65. The van der Waals surface area contributed by atoms with Crippen LogP contribution in [0.4, 0.5) is 5.82 Å². The van der Waals surface area contributed by atoms with Gasteiger partial charge in [-0.05, 0) is 30.7 Å². The number of ketones is 1. The fourth-order valence-electron chi connectivity index (χ4n) is 3.37. The molecule has 6 heteroatoms. The van der Waals surface area contributed by atoms with Gasteiger partial charge in [-0.25, -0.2) is 4.98 Å². The molecular weight excluding hydrogens is 320 g/mol. The van der Waals surface area contributed by atoms with Gasteiger partial charge in [0.25, 0.3) is 0 Å². The summed E-state index contributed by atoms with van der Waals surface area (Å²) in [5.74, 6) is 1.38. The summed E-state index contributed by atoms with van der Waals surface area (Å²) in [5.41, 5.74) is 1.93. The van der Waals surface area contributed by atoms with Crippen molar-refractivity contribution in [2.75, 3.05) is 18.0 Å². The van der Waals surface area contributed by atoms with Gasteiger partial charge in [0, 0.05) is 36.8 Å². The third kappa shape index (κ3) is 2.71. The lowest BCUT2D eigenvalue weighted by atomic mass is 9.93. The van der Waals surface area contributed by atoms with Crippen LogP contribution in [0.2, 0.25) is 0 Å². The van der Waals surface area contributed by atoms with E-state index in [-0.39, 0.29) is 11.7 Å². The highest BCUT2D eigenvalue weighted by Gasteiger charge is 2.28. The summed E-state index contributed by atoms with van der Waals surface area (Å²) < 4.78 is 1.89. The number of nitrogens with zero attached hydrogens (tertiary/aromatic N) is 4. The van der Waals surface area contributed by atoms with Gasteiger partial charge in [0.1, 0.15) is 5.82 Å². The molecule has 24 heavy (non-hydrogen) atoms. The number of Topliss-reactive ketones (excluding diaryl/α,β-unsaturated/α-hetero) is 1. The summed E-state index contributed by atoms with van der Waals surface area (Å²) in [4.78, 5) is 20.5. The van der Waals surface area contributed by atoms with Crippen LogP contribution >= 0.6 is 11.3 Å². The lowest BCUT2D eigenvalue weighted by Crippen LogP contribution is -2.39. The molecular formula is C18H20N4OS. The van der Waals surface area contributed by atoms with Crippen LogP contribution in [0.1, 0.15) is 35.1 Å². The van der Waals surface area contributed by atoms with Crippen molar-refractivity contribution in [1.82, 2.24) is 14.6 Å². The third-order valence-corrected chi connectivity index (χ3v) is 5.52. The molecule has 0 aliphatic carbocycles. The number of anilines is 1. The molecule has 5 nitrogen and oxygen atoms in total. The van der Waals surface area contributed by atoms with Crippen molar-refractivity contribution in [3.05, 3.63) is 46.4 Å². The Balaban J connectivity index is 1.65. The van der Waals surface area contributed by atoms with Gasteiger partial charge in [0.2, 0.25) is 0 Å². The molecule has 0 unspecified atom stereocenters. The number of hydrogen-bond donors (Lipinski definition) is 0. The Morgan fingerprint density at radius 2 is 2.33 bits per heavy atom. The van der Waals surface area contributed by atoms with Crippen LogP contribution in [0.5, 0.6) is 0 Å². The second-order valence-corrected chi connectivity index (χ2v) is 7.13. The Morgan fingerprint density at radius 1 is 1.42 bits per heavy atom. The SMILES string of the molecule is CCc1cc(N2CCC[C@H](C(=O)c3cccs3)C2)n2nccc2n1. The Kier molecular flexibility index (Phi) is 4.06. The molecule has 4 rings (SSSR count). The number of rotatable bonds is 4. The Labute approximate surface area is 144 Å². The molecule has 3 aromatic heterocycles. The van der Waals surface area contributed by atoms with Gasteiger partial charge in [-0.3, -0.25) is 4.79 Å². The molecule has 0 aromatic carbocycles. The van der Waals surface area contributed by atoms with Crippen LogP contribution < -0.4 is 4.90 Å². The monoisotopic (exact) mass is 340 g/mol. The van der Waals surface area contributed by atoms with E-state index in [4.69, 9.17) is 0 Å². The average Bonchev–Trinajstić information content (AvgIpc) is 3.31. The number of aromatic nitrogens is 3. The molecule has 0 bridgehead atoms. The van der Waals surface area contributed by atoms with Crippen LogP contribution in [-0.4, -0.2) is 33.5 Å². The number of carbonyl (C=O) groups excluding carboxylic acids is 1. The second-order valence-electron chi connectivity index (χ2n) is 6.19. The van der Waals surface area contributed by atoms with E-state index in [1.54, 1.807) is 6.20 Å². The fraction of sp³-hybridized carbons (Fsp3) is 0.389. The zero-order valence-corrected chi connectivity index (χ0v) is 14.5. The normalized spacial score (nSPS) is 18.2. The fourth-order valence-corrected chi connectivity index (χ4v) is 4.12. The van der Waals surface area contributed by atoms with Crippen molar-refractivity contribution < 1.29 is 4.79 Å². The first-order chi connectivity index (χ1) is 11.8. The van der Waals surface area contributed by atoms with Crippen LogP contribution in [-0.2, 0) is 6.42 Å². The highest BCUT2D eigenvalue weighted by molar-refractivity contribution is 7.12. The second kappa shape index (κ2) is 6.36. The molecule has 4 heterocycles. The summed E-state index contributed by atoms with van der Waals surface area (Å²) in [6, 6.07) is 7.92. The highest BCUT2D eigenvalue weighted by Crippen LogP contribution is 2.27. The lowest BCUT2D eigenvalue weighted by molar-refractivity contribution is 0.0911. The van der Waals surface area contributed by atoms with E-state index >= 15 is 0 Å². The van der Waals surface area contributed by atoms with Gasteiger partial charge in [-0.1, -0.05) is 13.0 Å². The van der Waals surface area contributed by atoms with Crippen LogP contribution in [0, 0.1) is 5.92 Å². The minimum atomic E-state index is 0.0567. The van der Waals surface area contributed by atoms with E-state index in [9.17, 15) is 4.79 Å². The molecule has 1 fully saturated rings. The minimum Gasteiger partial charge on any atom is -0.356 e. The molecule has 3 aromatic rings. The molecule has 0 spiro atoms. The Bertz CT molecular complexity index is 855. The number of carbonyl (C=O) groups is 1. The van der Waals surface area contributed by atoms with Crippen molar-refractivity contribution >= 4 is 28.6 Å². The van der Waals surface area contributed by atoms with Crippen LogP contribution in [0.25, 0.3) is 5.65 Å². The van der Waals surface area contributed by atoms with E-state index < -0.39 is 0 Å². The van der Waals surface area contributed by atoms with Crippen molar-refractivity contribution in [3.63, 3.8) is 0 Å². The predicted molar refractivity (Wildman–Crippen MR) is 96.0 cm³/mol. The van der Waals surface area contributed by atoms with Crippen molar-refractivity contribution in [1.29, 1.82) is 0 Å². The van der Waals surface area contributed by atoms with E-state index in [0.717, 1.165) is 54.4 Å². The topological polar surface area (TPSA) is 50.5 Å². The zero-order valence-electron chi connectivity index (χ0n) is 13.7. The summed E-state index contributed by atoms with van der Waals surface area (Å²) in [6.45, 7) is 3.81. The quantitative estimate of drug-likeness (QED) is 0.683. The van der Waals surface area contributed by atoms with E-state index in [2.05, 4.69) is 28.0 Å². The maximum absolute atomic E-state index is 12.7. The Morgan fingerprint density at radius 3 is 3.12 bits per heavy atom. The average molecular weight is 340 g/mol. The number of thiophene rings is 1. The van der Waals surface area contributed by atoms with Crippen LogP contribution in [0.3, 0.4) is 0 Å². The van der Waals surface area contributed by atoms with Gasteiger partial charge in [-0.2, -0.15) is 9.61 Å². The first-order valence-corrected chi connectivity index (χ1v) is 9.30. The van der Waals surface area contributed by atoms with Crippen molar-refractivity contribution in [2.24, 2.45) is 5.92 Å². The highest BCUT2D eigenvalue weighted by atomic mass is 32.1. The maximum Gasteiger partial charge on any atom is 0.177 e. The van der Waals surface area contributed by atoms with Gasteiger partial charge >= 0.3 is 0 Å². The summed E-state index contributed by atoms with van der Waals surface area (Å²) >= 11 is 1.54. The molecule has 1 aliphatic heterocycles. The Hall–Kier alpha value is -2.21. The molecule has 1 saturated heterocycles. The molecule has 0 N–H and O–H groups in total. The zero-order chi connectivity index (χ0) is 16.5. The van der Waals surface area contributed by atoms with Gasteiger partial charge in [0.15, 0.2) is 11.4 Å². The predicted octanol–water partition coefficient (Wildman–Crippen LogP) is 3.45. The summed E-state index contributed by atoms with van der Waals surface area (Å²) in [5, 5.41) is 6.39.